The van der Waals surface area contributed by atoms with Crippen LogP contribution in [0.15, 0.2) is 364 Å². The highest BCUT2D eigenvalue weighted by atomic mass is 14.0. The van der Waals surface area contributed by atoms with Gasteiger partial charge in [-0.25, -0.2) is 0 Å². The van der Waals surface area contributed by atoms with Gasteiger partial charge in [-0.2, -0.15) is 0 Å². The Hall–Kier alpha value is -9.36. The maximum atomic E-state index is 2.22. The van der Waals surface area contributed by atoms with Crippen LogP contribution in [-0.4, -0.2) is 0 Å². The lowest BCUT2D eigenvalue weighted by molar-refractivity contribution is 0.626. The van der Waals surface area contributed by atoms with Gasteiger partial charge in [0.1, 0.15) is 0 Å². The second-order valence-corrected chi connectivity index (χ2v) is 22.6. The van der Waals surface area contributed by atoms with Crippen molar-refractivity contribution in [3.8, 4) is 0 Å². The highest BCUT2D eigenvalue weighted by Crippen LogP contribution is 2.13. The average molecular weight is 1710 g/mol. The van der Waals surface area contributed by atoms with Crippen LogP contribution in [0.5, 0.6) is 0 Å². The van der Waals surface area contributed by atoms with Crippen molar-refractivity contribution in [3.63, 3.8) is 0 Å². The molecule has 0 saturated heterocycles. The SMILES string of the molecule is CC.CC.CC.CC.CC.CC.CC.CC.CC.CC.CC.CC.CC.CC.CC.CC.CC.CC.CCC(C)C.c1ccc(CCc2ccccc2)cc1.c1ccc(CCc2ccccc2)cc1.c1ccc(CCc2ccccc2)cc1.c1ccc(CCc2ccccc2)cc1.c1ccc(CCc2ccccc2)cc1.c1ccc(CCc2ccccc2)cc1. The lowest BCUT2D eigenvalue weighted by Gasteiger charge is -2.01. The van der Waals surface area contributed by atoms with Gasteiger partial charge in [-0.15, -0.1) is 0 Å². The van der Waals surface area contributed by atoms with E-state index in [2.05, 4.69) is 385 Å². The minimum Gasteiger partial charge on any atom is -0.0683 e. The zero-order valence-corrected chi connectivity index (χ0v) is 89.4. The summed E-state index contributed by atoms with van der Waals surface area (Å²) in [6, 6.07) is 127. The van der Waals surface area contributed by atoms with Gasteiger partial charge in [0.15, 0.2) is 0 Å². The van der Waals surface area contributed by atoms with E-state index in [0.717, 1.165) is 83.0 Å². The molecule has 0 aliphatic carbocycles. The van der Waals surface area contributed by atoms with Gasteiger partial charge < -0.3 is 0 Å². The van der Waals surface area contributed by atoms with Gasteiger partial charge in [0.25, 0.3) is 0 Å². The Morgan fingerprint density at radius 1 is 0.112 bits per heavy atom. The van der Waals surface area contributed by atoms with E-state index in [4.69, 9.17) is 0 Å². The summed E-state index contributed by atoms with van der Waals surface area (Å²) in [4.78, 5) is 0. The van der Waals surface area contributed by atoms with Crippen LogP contribution < -0.4 is 0 Å². The highest BCUT2D eigenvalue weighted by Gasteiger charge is 1.99. The Morgan fingerprint density at radius 2 is 0.160 bits per heavy atom. The van der Waals surface area contributed by atoms with Gasteiger partial charge in [0.2, 0.25) is 0 Å². The molecule has 0 aromatic heterocycles. The number of benzene rings is 12. The quantitative estimate of drug-likeness (QED) is 0.0757. The van der Waals surface area contributed by atoms with Crippen LogP contribution in [0.1, 0.15) is 343 Å². The molecule has 0 atom stereocenters. The Balaban J connectivity index is -0.000000101. The number of hydrogen-bond donors (Lipinski definition) is 0. The van der Waals surface area contributed by atoms with E-state index in [1.807, 2.05) is 249 Å². The summed E-state index contributed by atoms with van der Waals surface area (Å²) in [5.41, 5.74) is 17.0. The van der Waals surface area contributed by atoms with Gasteiger partial charge in [0.05, 0.1) is 0 Å². The molecule has 704 valence electrons. The maximum Gasteiger partial charge on any atom is -0.0238 e. The lowest BCUT2D eigenvalue weighted by Crippen LogP contribution is -1.89. The third-order valence-corrected chi connectivity index (χ3v) is 15.1. The third kappa shape index (κ3) is 103. The van der Waals surface area contributed by atoms with Crippen molar-refractivity contribution in [1.82, 2.24) is 0 Å². The Labute approximate surface area is 785 Å². The molecule has 0 heteroatoms. The maximum absolute atomic E-state index is 2.22. The molecule has 125 heavy (non-hydrogen) atoms. The van der Waals surface area contributed by atoms with E-state index >= 15 is 0 Å². The average Bonchev–Trinajstić information content (AvgIpc) is 0.955. The smallest absolute Gasteiger partial charge is 0.0238 e. The summed E-state index contributed by atoms with van der Waals surface area (Å²) in [5.74, 6) is 0.884. The number of rotatable bonds is 19. The summed E-state index contributed by atoms with van der Waals surface area (Å²) in [6.07, 6.45) is 14.9. The molecule has 0 unspecified atom stereocenters. The molecule has 0 fully saturated rings. The highest BCUT2D eigenvalue weighted by molar-refractivity contribution is 5.26. The second-order valence-electron chi connectivity index (χ2n) is 22.6. The van der Waals surface area contributed by atoms with Gasteiger partial charge in [-0.05, 0) is 150 Å². The fourth-order valence-electron chi connectivity index (χ4n) is 9.47. The predicted octanol–water partition coefficient (Wildman–Crippen LogP) is 41.4. The molecule has 0 amide bonds. The van der Waals surface area contributed by atoms with E-state index in [1.165, 1.54) is 73.2 Å². The molecule has 0 bridgehead atoms. The third-order valence-electron chi connectivity index (χ3n) is 15.1. The molecule has 0 spiro atoms. The fraction of sp³-hybridized carbons (Fsp3) is 0.424. The first kappa shape index (κ1) is 144. The monoisotopic (exact) mass is 1710 g/mol. The summed E-state index contributed by atoms with van der Waals surface area (Å²) in [5, 5.41) is 0. The van der Waals surface area contributed by atoms with E-state index in [-0.39, 0.29) is 0 Å². The summed E-state index contributed by atoms with van der Waals surface area (Å²) < 4.78 is 0. The first-order valence-electron chi connectivity index (χ1n) is 50.4. The lowest BCUT2D eigenvalue weighted by atomic mass is 10.0. The van der Waals surface area contributed by atoms with Crippen LogP contribution in [0.2, 0.25) is 0 Å². The fourth-order valence-corrected chi connectivity index (χ4v) is 9.47. The van der Waals surface area contributed by atoms with Crippen molar-refractivity contribution >= 4 is 0 Å². The molecule has 12 aromatic rings. The minimum atomic E-state index is 0.884. The standard InChI is InChI=1S/6C14H14.C5H12.18C2H6/c6*1-3-7-13(8-4-1)11-12-14-9-5-2-6-10-14;1-4-5(2)3;18*1-2/h6*1-10H,11-12H2;5H,4H2,1-3H3;18*1-2H3. The van der Waals surface area contributed by atoms with Crippen molar-refractivity contribution in [2.45, 2.75) is 353 Å². The number of hydrogen-bond acceptors (Lipinski definition) is 0. The molecule has 0 aliphatic rings. The molecule has 0 aliphatic heterocycles. The van der Waals surface area contributed by atoms with Crippen LogP contribution in [0, 0.1) is 5.92 Å². The van der Waals surface area contributed by atoms with Crippen molar-refractivity contribution in [1.29, 1.82) is 0 Å². The molecule has 0 N–H and O–H groups in total. The summed E-state index contributed by atoms with van der Waals surface area (Å²) in [7, 11) is 0. The van der Waals surface area contributed by atoms with E-state index in [1.54, 1.807) is 0 Å². The van der Waals surface area contributed by atoms with Crippen molar-refractivity contribution in [3.05, 3.63) is 431 Å². The largest absolute Gasteiger partial charge is 0.0683 e. The van der Waals surface area contributed by atoms with Gasteiger partial charge in [-0.1, -0.05) is 640 Å². The predicted molar refractivity (Wildman–Crippen MR) is 591 cm³/mol. The second kappa shape index (κ2) is 141. The molecule has 0 radical (unpaired) electrons. The molecule has 12 aromatic carbocycles. The van der Waals surface area contributed by atoms with Crippen molar-refractivity contribution < 1.29 is 0 Å². The van der Waals surface area contributed by atoms with Crippen LogP contribution in [0.25, 0.3) is 0 Å². The van der Waals surface area contributed by atoms with Crippen LogP contribution >= 0.6 is 0 Å². The summed E-state index contributed by atoms with van der Waals surface area (Å²) >= 11 is 0. The molecular weight excluding hydrogens is 1500 g/mol. The molecule has 12 rings (SSSR count). The minimum absolute atomic E-state index is 0.884. The summed E-state index contributed by atoms with van der Waals surface area (Å²) in [6.45, 7) is 78.6. The Morgan fingerprint density at radius 3 is 0.200 bits per heavy atom. The first-order chi connectivity index (χ1) is 62.0. The van der Waals surface area contributed by atoms with Crippen LogP contribution in [0.4, 0.5) is 0 Å². The molecule has 0 nitrogen and oxygen atoms in total. The molecule has 0 heterocycles. The van der Waals surface area contributed by atoms with E-state index in [0.29, 0.717) is 0 Å². The zero-order valence-electron chi connectivity index (χ0n) is 89.4. The topological polar surface area (TPSA) is 0 Å². The number of aryl methyl sites for hydroxylation is 12. The van der Waals surface area contributed by atoms with Gasteiger partial charge in [0, 0.05) is 0 Å². The van der Waals surface area contributed by atoms with E-state index in [9.17, 15) is 0 Å². The first-order valence-corrected chi connectivity index (χ1v) is 50.4. The van der Waals surface area contributed by atoms with Crippen molar-refractivity contribution in [2.75, 3.05) is 0 Å². The normalized spacial score (nSPS) is 7.97. The van der Waals surface area contributed by atoms with E-state index < -0.39 is 0 Å². The van der Waals surface area contributed by atoms with Crippen LogP contribution in [-0.2, 0) is 77.0 Å². The van der Waals surface area contributed by atoms with Gasteiger partial charge >= 0.3 is 0 Å². The van der Waals surface area contributed by atoms with Crippen LogP contribution in [0.3, 0.4) is 0 Å². The van der Waals surface area contributed by atoms with Crippen molar-refractivity contribution in [2.24, 2.45) is 5.92 Å². The Kier molecular flexibility index (Phi) is 162. The zero-order chi connectivity index (χ0) is 98.1. The molecular formula is C125H204. The van der Waals surface area contributed by atoms with Gasteiger partial charge in [-0.3, -0.25) is 0 Å². The Bertz CT molecular complexity index is 2620. The molecule has 0 saturated carbocycles.